The number of fused-ring (bicyclic) bond motifs is 4. The number of furan rings is 1. The monoisotopic (exact) mass is 405 g/mol. The van der Waals surface area contributed by atoms with E-state index in [1.165, 1.54) is 0 Å². The van der Waals surface area contributed by atoms with E-state index in [2.05, 4.69) is 35.8 Å². The summed E-state index contributed by atoms with van der Waals surface area (Å²) in [7, 11) is 0. The van der Waals surface area contributed by atoms with Crippen LogP contribution in [0.5, 0.6) is 0 Å². The summed E-state index contributed by atoms with van der Waals surface area (Å²) >= 11 is 0. The molecule has 31 heavy (non-hydrogen) atoms. The van der Waals surface area contributed by atoms with Crippen molar-refractivity contribution in [1.29, 1.82) is 0 Å². The molecule has 0 saturated carbocycles. The molecule has 6 aromatic rings. The van der Waals surface area contributed by atoms with Crippen molar-refractivity contribution in [3.63, 3.8) is 0 Å². The predicted octanol–water partition coefficient (Wildman–Crippen LogP) is 7.60. The smallest absolute Gasteiger partial charge is 0.146 e. The number of imidazole rings is 1. The highest BCUT2D eigenvalue weighted by molar-refractivity contribution is 6.16. The summed E-state index contributed by atoms with van der Waals surface area (Å²) < 4.78 is 31.7. The highest BCUT2D eigenvalue weighted by Crippen LogP contribution is 2.42. The molecule has 2 heterocycles. The van der Waals surface area contributed by atoms with Crippen LogP contribution in [0.2, 0.25) is 0 Å². The van der Waals surface area contributed by atoms with E-state index in [0.717, 1.165) is 62.0 Å². The summed E-state index contributed by atoms with van der Waals surface area (Å²) in [5.74, 6) is 0.872. The van der Waals surface area contributed by atoms with Crippen LogP contribution in [0.4, 0.5) is 0 Å². The summed E-state index contributed by atoms with van der Waals surface area (Å²) in [5, 5.41) is 2.03. The fourth-order valence-electron chi connectivity index (χ4n) is 4.50. The number of hydrogen-bond acceptors (Lipinski definition) is 2. The Labute approximate surface area is 184 Å². The van der Waals surface area contributed by atoms with Gasteiger partial charge in [-0.15, -0.1) is 0 Å². The van der Waals surface area contributed by atoms with Crippen LogP contribution in [0.15, 0.2) is 89.3 Å². The van der Waals surface area contributed by atoms with Crippen LogP contribution in [-0.2, 0) is 6.54 Å². The van der Waals surface area contributed by atoms with Crippen LogP contribution < -0.4 is 0 Å². The highest BCUT2D eigenvalue weighted by Gasteiger charge is 2.20. The topological polar surface area (TPSA) is 31.0 Å². The highest BCUT2D eigenvalue weighted by atomic mass is 16.3. The van der Waals surface area contributed by atoms with E-state index in [9.17, 15) is 0 Å². The molecule has 0 fully saturated rings. The van der Waals surface area contributed by atoms with Crippen LogP contribution in [0.25, 0.3) is 55.5 Å². The van der Waals surface area contributed by atoms with Gasteiger partial charge < -0.3 is 8.98 Å². The maximum absolute atomic E-state index is 7.68. The largest absolute Gasteiger partial charge is 0.455 e. The Morgan fingerprint density at radius 1 is 0.871 bits per heavy atom. The molecule has 0 aliphatic heterocycles. The minimum absolute atomic E-state index is 0.331. The molecule has 0 aliphatic rings. The van der Waals surface area contributed by atoms with Crippen molar-refractivity contribution < 1.29 is 8.53 Å². The second kappa shape index (κ2) is 6.85. The quantitative estimate of drug-likeness (QED) is 0.303. The number of benzene rings is 4. The zero-order valence-corrected chi connectivity index (χ0v) is 17.1. The van der Waals surface area contributed by atoms with Crippen molar-refractivity contribution in [3.8, 4) is 22.5 Å². The van der Waals surface area contributed by atoms with Gasteiger partial charge in [0.25, 0.3) is 0 Å². The van der Waals surface area contributed by atoms with Crippen LogP contribution in [-0.4, -0.2) is 9.55 Å². The summed E-state index contributed by atoms with van der Waals surface area (Å²) in [6.07, 6.45) is 0. The van der Waals surface area contributed by atoms with E-state index in [-0.39, 0.29) is 0 Å². The number of hydrogen-bond donors (Lipinski definition) is 0. The van der Waals surface area contributed by atoms with Gasteiger partial charge in [0.2, 0.25) is 0 Å². The first-order chi connectivity index (χ1) is 16.5. The van der Waals surface area contributed by atoms with Crippen molar-refractivity contribution in [2.75, 3.05) is 0 Å². The fraction of sp³-hybridized carbons (Fsp3) is 0.107. The van der Waals surface area contributed by atoms with E-state index in [4.69, 9.17) is 13.5 Å². The van der Waals surface area contributed by atoms with E-state index in [0.29, 0.717) is 5.56 Å². The summed E-state index contributed by atoms with van der Waals surface area (Å²) in [6.45, 7) is 0.781. The zero-order valence-electron chi connectivity index (χ0n) is 20.1. The molecule has 0 spiro atoms. The minimum Gasteiger partial charge on any atom is -0.455 e. The first-order valence-electron chi connectivity index (χ1n) is 12.0. The van der Waals surface area contributed by atoms with E-state index in [1.54, 1.807) is 12.1 Å². The maximum Gasteiger partial charge on any atom is 0.146 e. The van der Waals surface area contributed by atoms with Crippen molar-refractivity contribution in [3.05, 3.63) is 90.5 Å². The van der Waals surface area contributed by atoms with Gasteiger partial charge in [-0.3, -0.25) is 0 Å². The molecule has 150 valence electrons. The van der Waals surface area contributed by atoms with Crippen molar-refractivity contribution in [2.45, 2.75) is 20.3 Å². The van der Waals surface area contributed by atoms with Gasteiger partial charge in [0, 0.05) is 21.4 Å². The molecule has 0 bridgehead atoms. The minimum atomic E-state index is -2.13. The third-order valence-corrected chi connectivity index (χ3v) is 5.93. The second-order valence-corrected chi connectivity index (χ2v) is 7.71. The van der Waals surface area contributed by atoms with Crippen LogP contribution in [0.1, 0.15) is 16.6 Å². The Balaban J connectivity index is 1.64. The van der Waals surface area contributed by atoms with Crippen LogP contribution in [0.3, 0.4) is 0 Å². The molecule has 6 rings (SSSR count). The standard InChI is InChI=1S/C28H22N2O/c1-3-30-24-10-6-5-9-23(24)29-28(30)22-17-16-20(19-14-12-18(2)13-15-19)26-21-8-4-7-11-25(21)31-27(22)26/h4-17H,3H2,1-2H3/i2D3. The van der Waals surface area contributed by atoms with Crippen LogP contribution >= 0.6 is 0 Å². The van der Waals surface area contributed by atoms with Gasteiger partial charge in [0.15, 0.2) is 0 Å². The lowest BCUT2D eigenvalue weighted by atomic mass is 9.96. The molecular formula is C28H22N2O. The van der Waals surface area contributed by atoms with E-state index in [1.807, 2.05) is 48.5 Å². The molecule has 3 heteroatoms. The zero-order chi connectivity index (χ0) is 23.4. The Morgan fingerprint density at radius 3 is 2.48 bits per heavy atom. The average molecular weight is 406 g/mol. The second-order valence-electron chi connectivity index (χ2n) is 7.71. The Kier molecular flexibility index (Phi) is 3.32. The lowest BCUT2D eigenvalue weighted by molar-refractivity contribution is 0.668. The third-order valence-electron chi connectivity index (χ3n) is 5.93. The predicted molar refractivity (Wildman–Crippen MR) is 128 cm³/mol. The maximum atomic E-state index is 7.68. The molecule has 0 saturated heterocycles. The number of rotatable bonds is 3. The van der Waals surface area contributed by atoms with E-state index >= 15 is 0 Å². The molecule has 0 amide bonds. The van der Waals surface area contributed by atoms with Gasteiger partial charge in [-0.2, -0.15) is 0 Å². The van der Waals surface area contributed by atoms with Gasteiger partial charge in [0.1, 0.15) is 17.0 Å². The van der Waals surface area contributed by atoms with Gasteiger partial charge in [-0.1, -0.05) is 66.2 Å². The Morgan fingerprint density at radius 2 is 1.65 bits per heavy atom. The van der Waals surface area contributed by atoms with Gasteiger partial charge in [0.05, 0.1) is 16.6 Å². The molecule has 0 unspecified atom stereocenters. The summed E-state index contributed by atoms with van der Waals surface area (Å²) in [5.41, 5.74) is 6.85. The van der Waals surface area contributed by atoms with Crippen LogP contribution in [0, 0.1) is 6.85 Å². The number of aryl methyl sites for hydroxylation is 2. The van der Waals surface area contributed by atoms with Gasteiger partial charge in [-0.25, -0.2) is 4.98 Å². The molecule has 4 aromatic carbocycles. The lowest BCUT2D eigenvalue weighted by Gasteiger charge is -2.10. The van der Waals surface area contributed by atoms with Crippen molar-refractivity contribution in [2.24, 2.45) is 0 Å². The van der Waals surface area contributed by atoms with Gasteiger partial charge in [-0.05, 0) is 49.2 Å². The molecule has 3 nitrogen and oxygen atoms in total. The molecule has 0 atom stereocenters. The molecular weight excluding hydrogens is 380 g/mol. The third kappa shape index (κ3) is 2.70. The van der Waals surface area contributed by atoms with Crippen molar-refractivity contribution in [1.82, 2.24) is 9.55 Å². The first-order valence-corrected chi connectivity index (χ1v) is 10.5. The lowest BCUT2D eigenvalue weighted by Crippen LogP contribution is -1.98. The Hall–Kier alpha value is -3.85. The average Bonchev–Trinajstić information content (AvgIpc) is 3.41. The molecule has 0 aliphatic carbocycles. The SMILES string of the molecule is [2H]C([2H])([2H])c1ccc(-c2ccc(-c3nc4ccccc4n3CC)c3oc4ccccc4c23)cc1. The molecule has 0 radical (unpaired) electrons. The summed E-state index contributed by atoms with van der Waals surface area (Å²) in [4.78, 5) is 4.96. The van der Waals surface area contributed by atoms with Crippen molar-refractivity contribution >= 4 is 33.0 Å². The van der Waals surface area contributed by atoms with Gasteiger partial charge >= 0.3 is 0 Å². The van der Waals surface area contributed by atoms with E-state index < -0.39 is 6.85 Å². The fourth-order valence-corrected chi connectivity index (χ4v) is 4.50. The number of aromatic nitrogens is 2. The number of nitrogens with zero attached hydrogens (tertiary/aromatic N) is 2. The molecule has 0 N–H and O–H groups in total. The number of para-hydroxylation sites is 3. The molecule has 2 aromatic heterocycles. The summed E-state index contributed by atoms with van der Waals surface area (Å²) in [6, 6.07) is 27.4. The Bertz CT molecular complexity index is 1670. The normalized spacial score (nSPS) is 13.5. The first kappa shape index (κ1) is 15.0.